The third kappa shape index (κ3) is 6.21. The van der Waals surface area contributed by atoms with E-state index in [0.29, 0.717) is 19.4 Å². The van der Waals surface area contributed by atoms with Gasteiger partial charge in [-0.05, 0) is 53.4 Å². The molecular weight excluding hydrogens is 444 g/mol. The van der Waals surface area contributed by atoms with Crippen LogP contribution in [-0.4, -0.2) is 42.3 Å². The van der Waals surface area contributed by atoms with E-state index in [2.05, 4.69) is 34.9 Å². The predicted molar refractivity (Wildman–Crippen MR) is 133 cm³/mol. The number of hydrogen-bond acceptors (Lipinski definition) is 4. The summed E-state index contributed by atoms with van der Waals surface area (Å²) in [4.78, 5) is 35.7. The Morgan fingerprint density at radius 1 is 1.03 bits per heavy atom. The molecule has 0 aromatic heterocycles. The lowest BCUT2D eigenvalue weighted by molar-refractivity contribution is -0.138. The minimum absolute atomic E-state index is 0.00106. The Kier molecular flexibility index (Phi) is 8.06. The first-order valence-corrected chi connectivity index (χ1v) is 12.5. The maximum atomic E-state index is 12.5. The van der Waals surface area contributed by atoms with E-state index in [1.165, 1.54) is 22.3 Å². The molecule has 2 aromatic rings. The van der Waals surface area contributed by atoms with Gasteiger partial charge in [-0.1, -0.05) is 61.9 Å². The van der Waals surface area contributed by atoms with Crippen molar-refractivity contribution in [2.75, 3.05) is 13.2 Å². The van der Waals surface area contributed by atoms with Crippen LogP contribution < -0.4 is 10.6 Å². The van der Waals surface area contributed by atoms with E-state index < -0.39 is 12.1 Å². The summed E-state index contributed by atoms with van der Waals surface area (Å²) in [6.07, 6.45) is 3.18. The lowest BCUT2D eigenvalue weighted by Crippen LogP contribution is -2.34. The first kappa shape index (κ1) is 24.8. The van der Waals surface area contributed by atoms with Gasteiger partial charge in [-0.25, -0.2) is 4.79 Å². The van der Waals surface area contributed by atoms with Gasteiger partial charge in [-0.2, -0.15) is 0 Å². The van der Waals surface area contributed by atoms with Crippen LogP contribution in [0.3, 0.4) is 0 Å². The maximum absolute atomic E-state index is 12.5. The molecule has 1 unspecified atom stereocenters. The van der Waals surface area contributed by atoms with Crippen molar-refractivity contribution in [2.45, 2.75) is 57.4 Å². The standard InChI is InChI=1S/C28H34N2O5/c1-2-18(15-27(32)33)16-29-26(31)14-19-11-12-20(13-19)30-28(34)35-17-25-23-9-5-3-7-21(23)22-8-4-6-10-24(22)25/h3-10,18-20,25H,2,11-17H2,1H3,(H,29,31)(H,30,34)(H,32,33)/t18?,19-,20+/m1/s1. The zero-order chi connectivity index (χ0) is 24.8. The third-order valence-corrected chi connectivity index (χ3v) is 7.31. The highest BCUT2D eigenvalue weighted by molar-refractivity contribution is 5.79. The second kappa shape index (κ2) is 11.4. The van der Waals surface area contributed by atoms with Crippen molar-refractivity contribution in [3.05, 3.63) is 59.7 Å². The largest absolute Gasteiger partial charge is 0.481 e. The number of rotatable bonds is 10. The molecular formula is C28H34N2O5. The van der Waals surface area contributed by atoms with Gasteiger partial charge in [0.2, 0.25) is 5.91 Å². The number of fused-ring (bicyclic) bond motifs is 3. The van der Waals surface area contributed by atoms with Crippen molar-refractivity contribution in [1.29, 1.82) is 0 Å². The van der Waals surface area contributed by atoms with Crippen molar-refractivity contribution < 1.29 is 24.2 Å². The van der Waals surface area contributed by atoms with Crippen LogP contribution in [0.15, 0.2) is 48.5 Å². The van der Waals surface area contributed by atoms with Crippen molar-refractivity contribution in [2.24, 2.45) is 11.8 Å². The Hall–Kier alpha value is -3.35. The molecule has 35 heavy (non-hydrogen) atoms. The minimum atomic E-state index is -0.843. The fourth-order valence-corrected chi connectivity index (χ4v) is 5.40. The number of aliphatic carboxylic acids is 1. The van der Waals surface area contributed by atoms with Gasteiger partial charge in [-0.3, -0.25) is 9.59 Å². The molecule has 3 N–H and O–H groups in total. The number of benzene rings is 2. The molecule has 2 amide bonds. The number of alkyl carbamates (subject to hydrolysis) is 1. The Balaban J connectivity index is 1.21. The molecule has 0 radical (unpaired) electrons. The fourth-order valence-electron chi connectivity index (χ4n) is 5.40. The molecule has 0 aliphatic heterocycles. The minimum Gasteiger partial charge on any atom is -0.481 e. The number of ether oxygens (including phenoxy) is 1. The highest BCUT2D eigenvalue weighted by atomic mass is 16.5. The molecule has 186 valence electrons. The molecule has 0 bridgehead atoms. The maximum Gasteiger partial charge on any atom is 0.407 e. The van der Waals surface area contributed by atoms with Gasteiger partial charge in [-0.15, -0.1) is 0 Å². The first-order valence-electron chi connectivity index (χ1n) is 12.5. The van der Waals surface area contributed by atoms with E-state index in [1.807, 2.05) is 31.2 Å². The number of carbonyl (C=O) groups is 3. The summed E-state index contributed by atoms with van der Waals surface area (Å²) in [6, 6.07) is 16.5. The van der Waals surface area contributed by atoms with Crippen LogP contribution in [0.5, 0.6) is 0 Å². The molecule has 2 aliphatic carbocycles. The average molecular weight is 479 g/mol. The van der Waals surface area contributed by atoms with Crippen LogP contribution in [-0.2, 0) is 14.3 Å². The van der Waals surface area contributed by atoms with Gasteiger partial charge < -0.3 is 20.5 Å². The number of carbonyl (C=O) groups excluding carboxylic acids is 2. The molecule has 1 fully saturated rings. The van der Waals surface area contributed by atoms with Crippen LogP contribution in [0, 0.1) is 11.8 Å². The van der Waals surface area contributed by atoms with Gasteiger partial charge >= 0.3 is 12.1 Å². The summed E-state index contributed by atoms with van der Waals surface area (Å²) in [5.74, 6) is -0.720. The fraction of sp³-hybridized carbons (Fsp3) is 0.464. The summed E-state index contributed by atoms with van der Waals surface area (Å²) in [5, 5.41) is 14.8. The number of carboxylic acids is 1. The van der Waals surface area contributed by atoms with Crippen LogP contribution in [0.25, 0.3) is 11.1 Å². The second-order valence-electron chi connectivity index (χ2n) is 9.73. The van der Waals surface area contributed by atoms with Crippen molar-refractivity contribution in [3.63, 3.8) is 0 Å². The molecule has 7 nitrogen and oxygen atoms in total. The van der Waals surface area contributed by atoms with Crippen molar-refractivity contribution >= 4 is 18.0 Å². The quantitative estimate of drug-likeness (QED) is 0.459. The monoisotopic (exact) mass is 478 g/mol. The Labute approximate surface area is 206 Å². The first-order chi connectivity index (χ1) is 16.9. The Morgan fingerprint density at radius 3 is 2.31 bits per heavy atom. The van der Waals surface area contributed by atoms with Gasteiger partial charge in [0.1, 0.15) is 6.61 Å². The van der Waals surface area contributed by atoms with Crippen LogP contribution >= 0.6 is 0 Å². The van der Waals surface area contributed by atoms with Gasteiger partial charge in [0, 0.05) is 31.3 Å². The smallest absolute Gasteiger partial charge is 0.407 e. The average Bonchev–Trinajstić information content (AvgIpc) is 3.41. The number of nitrogens with one attached hydrogen (secondary N) is 2. The number of amides is 2. The molecule has 2 aromatic carbocycles. The van der Waals surface area contributed by atoms with E-state index in [9.17, 15) is 14.4 Å². The zero-order valence-electron chi connectivity index (χ0n) is 20.2. The summed E-state index contributed by atoms with van der Waals surface area (Å²) in [5.41, 5.74) is 4.76. The molecule has 0 saturated heterocycles. The normalized spacial score (nSPS) is 19.5. The van der Waals surface area contributed by atoms with E-state index in [1.54, 1.807) is 0 Å². The predicted octanol–water partition coefficient (Wildman–Crippen LogP) is 4.70. The highest BCUT2D eigenvalue weighted by Gasteiger charge is 2.31. The highest BCUT2D eigenvalue weighted by Crippen LogP contribution is 2.44. The van der Waals surface area contributed by atoms with Gasteiger partial charge in [0.25, 0.3) is 0 Å². The Bertz CT molecular complexity index is 1020. The lowest BCUT2D eigenvalue weighted by atomic mass is 9.98. The van der Waals surface area contributed by atoms with Crippen LogP contribution in [0.4, 0.5) is 4.79 Å². The molecule has 2 aliphatic rings. The third-order valence-electron chi connectivity index (χ3n) is 7.31. The van der Waals surface area contributed by atoms with E-state index in [-0.39, 0.29) is 42.7 Å². The van der Waals surface area contributed by atoms with Gasteiger partial charge in [0.15, 0.2) is 0 Å². The molecule has 7 heteroatoms. The zero-order valence-corrected chi connectivity index (χ0v) is 20.2. The van der Waals surface area contributed by atoms with E-state index in [0.717, 1.165) is 19.3 Å². The topological polar surface area (TPSA) is 105 Å². The Morgan fingerprint density at radius 2 is 1.69 bits per heavy atom. The van der Waals surface area contributed by atoms with Crippen molar-refractivity contribution in [3.8, 4) is 11.1 Å². The number of carboxylic acid groups (broad SMARTS) is 1. The molecule has 3 atom stereocenters. The van der Waals surface area contributed by atoms with E-state index >= 15 is 0 Å². The SMILES string of the molecule is CCC(CNC(=O)C[C@@H]1CC[C@H](NC(=O)OCC2c3ccccc3-c3ccccc32)C1)CC(=O)O. The van der Waals surface area contributed by atoms with E-state index in [4.69, 9.17) is 9.84 Å². The summed E-state index contributed by atoms with van der Waals surface area (Å²) in [6.45, 7) is 2.60. The molecule has 0 spiro atoms. The molecule has 0 heterocycles. The number of hydrogen-bond donors (Lipinski definition) is 3. The van der Waals surface area contributed by atoms with Gasteiger partial charge in [0.05, 0.1) is 0 Å². The summed E-state index contributed by atoms with van der Waals surface area (Å²) in [7, 11) is 0. The van der Waals surface area contributed by atoms with Crippen LogP contribution in [0.1, 0.15) is 62.5 Å². The molecule has 1 saturated carbocycles. The van der Waals surface area contributed by atoms with Crippen LogP contribution in [0.2, 0.25) is 0 Å². The molecule has 4 rings (SSSR count). The summed E-state index contributed by atoms with van der Waals surface area (Å²) >= 11 is 0. The second-order valence-corrected chi connectivity index (χ2v) is 9.73. The summed E-state index contributed by atoms with van der Waals surface area (Å²) < 4.78 is 5.65. The lowest BCUT2D eigenvalue weighted by Gasteiger charge is -2.17. The van der Waals surface area contributed by atoms with Crippen molar-refractivity contribution in [1.82, 2.24) is 10.6 Å².